The van der Waals surface area contributed by atoms with Crippen molar-refractivity contribution in [3.8, 4) is 0 Å². The minimum atomic E-state index is -0.0775. The van der Waals surface area contributed by atoms with Crippen molar-refractivity contribution in [3.05, 3.63) is 19.7 Å². The van der Waals surface area contributed by atoms with Gasteiger partial charge in [-0.15, -0.1) is 16.7 Å². The smallest absolute Gasteiger partial charge is 0.161 e. The number of hydrogen-bond donors (Lipinski definition) is 1. The molecule has 0 bridgehead atoms. The fraction of sp³-hybridized carbons (Fsp3) is 0.500. The molecule has 6 heteroatoms. The number of tetrazole rings is 1. The van der Waals surface area contributed by atoms with E-state index in [9.17, 15) is 0 Å². The third-order valence-electron chi connectivity index (χ3n) is 1.54. The summed E-state index contributed by atoms with van der Waals surface area (Å²) < 4.78 is 0. The van der Waals surface area contributed by atoms with Gasteiger partial charge in [0.2, 0.25) is 0 Å². The molecule has 5 nitrogen and oxygen atoms in total. The summed E-state index contributed by atoms with van der Waals surface area (Å²) in [5.74, 6) is 0.594. The molecule has 0 amide bonds. The Morgan fingerprint density at radius 1 is 1.67 bits per heavy atom. The Labute approximate surface area is 97.2 Å². The van der Waals surface area contributed by atoms with Crippen LogP contribution < -0.4 is 0 Å². The minimum Gasteiger partial charge on any atom is -0.355 e. The van der Waals surface area contributed by atoms with E-state index in [-0.39, 0.29) is 38.8 Å². The van der Waals surface area contributed by atoms with Crippen LogP contribution in [0.2, 0.25) is 0 Å². The quantitative estimate of drug-likeness (QED) is 0.748. The van der Waals surface area contributed by atoms with Crippen LogP contribution in [-0.2, 0) is 32.7 Å². The van der Waals surface area contributed by atoms with Crippen molar-refractivity contribution >= 4 is 0 Å². The molecule has 0 aliphatic carbocycles. The first-order valence-corrected chi connectivity index (χ1v) is 3.31. The van der Waals surface area contributed by atoms with Gasteiger partial charge in [0.1, 0.15) is 0 Å². The number of aromatic nitrogens is 4. The van der Waals surface area contributed by atoms with Crippen LogP contribution in [0, 0.1) is 13.8 Å². The normalized spacial score (nSPS) is 12.7. The number of rotatable bonds is 3. The summed E-state index contributed by atoms with van der Waals surface area (Å²) in [6.45, 7) is 8.24. The van der Waals surface area contributed by atoms with Crippen LogP contribution in [-0.4, -0.2) is 39.1 Å². The van der Waals surface area contributed by atoms with Gasteiger partial charge >= 0.3 is 0 Å². The number of nitrogens with zero attached hydrogens (tertiary/aromatic N) is 4. The molecule has 0 aliphatic rings. The van der Waals surface area contributed by atoms with Gasteiger partial charge in [-0.3, -0.25) is 0 Å². The van der Waals surface area contributed by atoms with E-state index in [1.165, 1.54) is 0 Å². The molecule has 1 atom stereocenters. The van der Waals surface area contributed by atoms with E-state index in [0.717, 1.165) is 0 Å². The van der Waals surface area contributed by atoms with Crippen molar-refractivity contribution in [2.75, 3.05) is 13.6 Å². The monoisotopic (exact) mass is 242 g/mol. The zero-order valence-electron chi connectivity index (χ0n) is 7.06. The molecule has 0 spiro atoms. The van der Waals surface area contributed by atoms with Crippen LogP contribution in [0.3, 0.4) is 0 Å². The van der Waals surface area contributed by atoms with Gasteiger partial charge in [-0.1, -0.05) is 11.3 Å². The Morgan fingerprint density at radius 3 is 2.75 bits per heavy atom. The Bertz CT molecular complexity index is 200. The molecule has 1 rings (SSSR count). The van der Waals surface area contributed by atoms with Gasteiger partial charge in [-0.25, -0.2) is 0 Å². The molecular formula is C6H11N5Y-2. The third kappa shape index (κ3) is 2.88. The molecular weight excluding hydrogens is 231 g/mol. The van der Waals surface area contributed by atoms with Crippen molar-refractivity contribution in [2.24, 2.45) is 0 Å². The molecule has 12 heavy (non-hydrogen) atoms. The van der Waals surface area contributed by atoms with Gasteiger partial charge < -0.3 is 18.7 Å². The van der Waals surface area contributed by atoms with Crippen molar-refractivity contribution in [2.45, 2.75) is 6.04 Å². The second kappa shape index (κ2) is 5.72. The van der Waals surface area contributed by atoms with Crippen molar-refractivity contribution < 1.29 is 32.7 Å². The predicted molar refractivity (Wildman–Crippen MR) is 40.3 cm³/mol. The second-order valence-corrected chi connectivity index (χ2v) is 2.27. The summed E-state index contributed by atoms with van der Waals surface area (Å²) in [6, 6.07) is -0.0775. The molecule has 0 fully saturated rings. The van der Waals surface area contributed by atoms with E-state index >= 15 is 0 Å². The molecule has 1 aromatic heterocycles. The van der Waals surface area contributed by atoms with Gasteiger partial charge in [0, 0.05) is 32.7 Å². The van der Waals surface area contributed by atoms with E-state index in [4.69, 9.17) is 0 Å². The number of aromatic amines is 1. The van der Waals surface area contributed by atoms with Crippen molar-refractivity contribution in [1.29, 1.82) is 0 Å². The SMILES string of the molecule is [CH2-]CN(C)C([CH2-])c1nn[nH]n1.[Y]. The molecule has 65 valence electrons. The largest absolute Gasteiger partial charge is 0.355 e. The maximum absolute atomic E-state index is 3.85. The van der Waals surface area contributed by atoms with Crippen LogP contribution in [0.4, 0.5) is 0 Å². The molecule has 1 N–H and O–H groups in total. The van der Waals surface area contributed by atoms with E-state index in [1.54, 1.807) is 0 Å². The maximum Gasteiger partial charge on any atom is 0.161 e. The zero-order valence-corrected chi connectivity index (χ0v) is 9.90. The van der Waals surface area contributed by atoms with E-state index in [2.05, 4.69) is 34.5 Å². The second-order valence-electron chi connectivity index (χ2n) is 2.27. The molecule has 1 aromatic rings. The molecule has 0 saturated carbocycles. The summed E-state index contributed by atoms with van der Waals surface area (Å²) in [4.78, 5) is 1.92. The molecule has 1 unspecified atom stereocenters. The summed E-state index contributed by atoms with van der Waals surface area (Å²) in [5, 5.41) is 13.4. The fourth-order valence-corrected chi connectivity index (χ4v) is 0.664. The van der Waals surface area contributed by atoms with Crippen LogP contribution in [0.25, 0.3) is 0 Å². The first-order chi connectivity index (χ1) is 5.25. The number of H-pyrrole nitrogens is 1. The van der Waals surface area contributed by atoms with E-state index in [1.807, 2.05) is 11.9 Å². The van der Waals surface area contributed by atoms with E-state index in [0.29, 0.717) is 12.4 Å². The molecule has 1 heterocycles. The topological polar surface area (TPSA) is 57.7 Å². The fourth-order valence-electron chi connectivity index (χ4n) is 0.664. The van der Waals surface area contributed by atoms with Gasteiger partial charge in [0.25, 0.3) is 0 Å². The zero-order chi connectivity index (χ0) is 8.27. The van der Waals surface area contributed by atoms with E-state index < -0.39 is 0 Å². The molecule has 0 saturated heterocycles. The van der Waals surface area contributed by atoms with Gasteiger partial charge in [-0.2, -0.15) is 5.21 Å². The summed E-state index contributed by atoms with van der Waals surface area (Å²) >= 11 is 0. The molecule has 0 aromatic carbocycles. The van der Waals surface area contributed by atoms with Crippen molar-refractivity contribution in [3.63, 3.8) is 0 Å². The first-order valence-electron chi connectivity index (χ1n) is 3.31. The standard InChI is InChI=1S/C6H11N5.Y/c1-4-11(3)5(2)6-7-9-10-8-6;/h5H,1-2,4H2,3H3,(H,7,8,9,10);/q-2;. The number of nitrogens with one attached hydrogen (secondary N) is 1. The third-order valence-corrected chi connectivity index (χ3v) is 1.54. The first kappa shape index (κ1) is 12.1. The minimum absolute atomic E-state index is 0. The molecule has 0 aliphatic heterocycles. The Kier molecular flexibility index (Phi) is 5.79. The average Bonchev–Trinajstić information content (AvgIpc) is 2.53. The van der Waals surface area contributed by atoms with Gasteiger partial charge in [-0.05, 0) is 7.05 Å². The van der Waals surface area contributed by atoms with Crippen LogP contribution >= 0.6 is 0 Å². The summed E-state index contributed by atoms with van der Waals surface area (Å²) in [5.41, 5.74) is 0. The Balaban J connectivity index is 0.00000121. The molecule has 1 radical (unpaired) electrons. The van der Waals surface area contributed by atoms with Crippen LogP contribution in [0.5, 0.6) is 0 Å². The van der Waals surface area contributed by atoms with Crippen LogP contribution in [0.1, 0.15) is 11.9 Å². The maximum atomic E-state index is 3.85. The number of hydrogen-bond acceptors (Lipinski definition) is 4. The summed E-state index contributed by atoms with van der Waals surface area (Å²) in [6.07, 6.45) is 0. The Hall–Kier alpha value is 0.134. The predicted octanol–water partition coefficient (Wildman–Crippen LogP) is -0.162. The van der Waals surface area contributed by atoms with Crippen LogP contribution in [0.15, 0.2) is 0 Å². The van der Waals surface area contributed by atoms with Gasteiger partial charge in [0.15, 0.2) is 5.82 Å². The van der Waals surface area contributed by atoms with Crippen molar-refractivity contribution in [1.82, 2.24) is 25.5 Å². The summed E-state index contributed by atoms with van der Waals surface area (Å²) in [7, 11) is 1.90. The van der Waals surface area contributed by atoms with Gasteiger partial charge in [0.05, 0.1) is 0 Å². The average molecular weight is 242 g/mol. The Morgan fingerprint density at radius 2 is 2.33 bits per heavy atom.